The summed E-state index contributed by atoms with van der Waals surface area (Å²) in [6.07, 6.45) is 0. The summed E-state index contributed by atoms with van der Waals surface area (Å²) >= 11 is 0. The molecule has 0 saturated carbocycles. The maximum Gasteiger partial charge on any atom is 0.255 e. The maximum atomic E-state index is 11.8. The Labute approximate surface area is 105 Å². The van der Waals surface area contributed by atoms with Gasteiger partial charge in [-0.15, -0.1) is 0 Å². The van der Waals surface area contributed by atoms with E-state index in [2.05, 4.69) is 5.32 Å². The number of sulfonamides is 1. The fourth-order valence-corrected chi connectivity index (χ4v) is 1.68. The molecule has 0 aromatic heterocycles. The smallest absolute Gasteiger partial charge is 0.255 e. The van der Waals surface area contributed by atoms with Gasteiger partial charge in [-0.1, -0.05) is 0 Å². The quantitative estimate of drug-likeness (QED) is 0.611. The standard InChI is InChI=1S/C10H15N3O4S/c1-17-9-6-7(11)2-3-8(9)10(14)13-4-5-18(12,15)16/h2-3,6H,4-5,11H2,1H3,(H,13,14)(H2,12,15,16). The van der Waals surface area contributed by atoms with Crippen molar-refractivity contribution in [3.63, 3.8) is 0 Å². The zero-order chi connectivity index (χ0) is 13.8. The average molecular weight is 273 g/mol. The Morgan fingerprint density at radius 2 is 2.11 bits per heavy atom. The maximum absolute atomic E-state index is 11.8. The fraction of sp³-hybridized carbons (Fsp3) is 0.300. The summed E-state index contributed by atoms with van der Waals surface area (Å²) < 4.78 is 26.4. The number of carbonyl (C=O) groups excluding carboxylic acids is 1. The van der Waals surface area contributed by atoms with Gasteiger partial charge in [-0.3, -0.25) is 4.79 Å². The lowest BCUT2D eigenvalue weighted by Gasteiger charge is -2.09. The summed E-state index contributed by atoms with van der Waals surface area (Å²) in [6, 6.07) is 4.56. The number of carbonyl (C=O) groups is 1. The molecule has 5 N–H and O–H groups in total. The molecule has 0 aliphatic carbocycles. The number of nitrogens with two attached hydrogens (primary N) is 2. The van der Waals surface area contributed by atoms with Gasteiger partial charge in [-0.25, -0.2) is 13.6 Å². The van der Waals surface area contributed by atoms with E-state index in [1.807, 2.05) is 0 Å². The molecule has 0 fully saturated rings. The van der Waals surface area contributed by atoms with Gasteiger partial charge in [-0.2, -0.15) is 0 Å². The van der Waals surface area contributed by atoms with Crippen LogP contribution in [0.15, 0.2) is 18.2 Å². The summed E-state index contributed by atoms with van der Waals surface area (Å²) in [7, 11) is -2.18. The summed E-state index contributed by atoms with van der Waals surface area (Å²) in [6.45, 7) is -0.0643. The predicted molar refractivity (Wildman–Crippen MR) is 67.7 cm³/mol. The van der Waals surface area contributed by atoms with Crippen LogP contribution in [-0.4, -0.2) is 33.7 Å². The first-order valence-corrected chi connectivity index (χ1v) is 6.77. The Morgan fingerprint density at radius 3 is 2.67 bits per heavy atom. The number of primary sulfonamides is 1. The minimum absolute atomic E-state index is 0.0643. The zero-order valence-electron chi connectivity index (χ0n) is 9.84. The average Bonchev–Trinajstić information content (AvgIpc) is 2.26. The van der Waals surface area contributed by atoms with Gasteiger partial charge in [-0.05, 0) is 12.1 Å². The topological polar surface area (TPSA) is 125 Å². The Kier molecular flexibility index (Phi) is 4.51. The number of rotatable bonds is 5. The van der Waals surface area contributed by atoms with Crippen LogP contribution < -0.4 is 20.9 Å². The second-order valence-corrected chi connectivity index (χ2v) is 5.32. The third-order valence-corrected chi connectivity index (χ3v) is 2.92. The highest BCUT2D eigenvalue weighted by molar-refractivity contribution is 7.89. The van der Waals surface area contributed by atoms with Gasteiger partial charge in [0.1, 0.15) is 5.75 Å². The number of methoxy groups -OCH3 is 1. The minimum Gasteiger partial charge on any atom is -0.496 e. The minimum atomic E-state index is -3.59. The van der Waals surface area contributed by atoms with Crippen LogP contribution >= 0.6 is 0 Å². The first-order chi connectivity index (χ1) is 8.33. The van der Waals surface area contributed by atoms with Crippen molar-refractivity contribution < 1.29 is 17.9 Å². The second kappa shape index (κ2) is 5.69. The summed E-state index contributed by atoms with van der Waals surface area (Å²) in [5, 5.41) is 7.25. The van der Waals surface area contributed by atoms with E-state index in [-0.39, 0.29) is 17.9 Å². The van der Waals surface area contributed by atoms with E-state index in [4.69, 9.17) is 15.6 Å². The molecule has 0 unspecified atom stereocenters. The van der Waals surface area contributed by atoms with E-state index in [1.165, 1.54) is 19.2 Å². The fourth-order valence-electron chi connectivity index (χ4n) is 1.30. The number of anilines is 1. The molecule has 8 heteroatoms. The Balaban J connectivity index is 2.73. The van der Waals surface area contributed by atoms with Gasteiger partial charge in [0.2, 0.25) is 10.0 Å². The van der Waals surface area contributed by atoms with E-state index < -0.39 is 15.9 Å². The highest BCUT2D eigenvalue weighted by atomic mass is 32.2. The molecule has 0 bridgehead atoms. The number of amides is 1. The molecular formula is C10H15N3O4S. The van der Waals surface area contributed by atoms with E-state index in [0.29, 0.717) is 11.4 Å². The molecule has 1 amide bonds. The van der Waals surface area contributed by atoms with Crippen molar-refractivity contribution in [1.82, 2.24) is 5.32 Å². The molecule has 1 aromatic rings. The number of ether oxygens (including phenoxy) is 1. The van der Waals surface area contributed by atoms with Gasteiger partial charge in [0.05, 0.1) is 18.4 Å². The Bertz CT molecular complexity index is 542. The highest BCUT2D eigenvalue weighted by Crippen LogP contribution is 2.21. The third-order valence-electron chi connectivity index (χ3n) is 2.14. The Morgan fingerprint density at radius 1 is 1.44 bits per heavy atom. The molecular weight excluding hydrogens is 258 g/mol. The van der Waals surface area contributed by atoms with Crippen LogP contribution in [0.2, 0.25) is 0 Å². The third kappa shape index (κ3) is 4.22. The first-order valence-electron chi connectivity index (χ1n) is 5.05. The predicted octanol–water partition coefficient (Wildman–Crippen LogP) is -0.704. The summed E-state index contributed by atoms with van der Waals surface area (Å²) in [5.74, 6) is -0.450. The molecule has 1 aromatic carbocycles. The molecule has 0 aliphatic rings. The van der Waals surface area contributed by atoms with E-state index in [0.717, 1.165) is 0 Å². The number of hydrogen-bond acceptors (Lipinski definition) is 5. The van der Waals surface area contributed by atoms with Gasteiger partial charge in [0, 0.05) is 18.3 Å². The molecule has 0 radical (unpaired) electrons. The first kappa shape index (κ1) is 14.3. The second-order valence-electron chi connectivity index (χ2n) is 3.58. The van der Waals surface area contributed by atoms with Crippen molar-refractivity contribution in [3.8, 4) is 5.75 Å². The SMILES string of the molecule is COc1cc(N)ccc1C(=O)NCCS(N)(=O)=O. The zero-order valence-corrected chi connectivity index (χ0v) is 10.7. The Hall–Kier alpha value is -1.80. The van der Waals surface area contributed by atoms with E-state index in [1.54, 1.807) is 6.07 Å². The van der Waals surface area contributed by atoms with Crippen LogP contribution in [0.25, 0.3) is 0 Å². The molecule has 18 heavy (non-hydrogen) atoms. The van der Waals surface area contributed by atoms with Gasteiger partial charge < -0.3 is 15.8 Å². The number of benzene rings is 1. The molecule has 0 spiro atoms. The molecule has 0 atom stereocenters. The largest absolute Gasteiger partial charge is 0.496 e. The summed E-state index contributed by atoms with van der Waals surface area (Å²) in [4.78, 5) is 11.8. The van der Waals surface area contributed by atoms with Crippen LogP contribution in [0.4, 0.5) is 5.69 Å². The lowest BCUT2D eigenvalue weighted by atomic mass is 10.1. The van der Waals surface area contributed by atoms with Crippen molar-refractivity contribution in [2.24, 2.45) is 5.14 Å². The van der Waals surface area contributed by atoms with Crippen LogP contribution in [0.3, 0.4) is 0 Å². The normalized spacial score (nSPS) is 11.0. The van der Waals surface area contributed by atoms with Crippen molar-refractivity contribution in [3.05, 3.63) is 23.8 Å². The molecule has 0 aliphatic heterocycles. The van der Waals surface area contributed by atoms with Crippen LogP contribution in [0.1, 0.15) is 10.4 Å². The van der Waals surface area contributed by atoms with Crippen molar-refractivity contribution in [2.45, 2.75) is 0 Å². The van der Waals surface area contributed by atoms with Crippen molar-refractivity contribution in [2.75, 3.05) is 25.1 Å². The molecule has 0 saturated heterocycles. The summed E-state index contributed by atoms with van der Waals surface area (Å²) in [5.41, 5.74) is 6.30. The van der Waals surface area contributed by atoms with E-state index >= 15 is 0 Å². The lowest BCUT2D eigenvalue weighted by molar-refractivity contribution is 0.0953. The molecule has 1 rings (SSSR count). The van der Waals surface area contributed by atoms with Gasteiger partial charge in [0.25, 0.3) is 5.91 Å². The van der Waals surface area contributed by atoms with Crippen molar-refractivity contribution >= 4 is 21.6 Å². The highest BCUT2D eigenvalue weighted by Gasteiger charge is 2.12. The molecule has 7 nitrogen and oxygen atoms in total. The van der Waals surface area contributed by atoms with E-state index in [9.17, 15) is 13.2 Å². The molecule has 0 heterocycles. The van der Waals surface area contributed by atoms with Crippen LogP contribution in [0, 0.1) is 0 Å². The van der Waals surface area contributed by atoms with Gasteiger partial charge in [0.15, 0.2) is 0 Å². The van der Waals surface area contributed by atoms with Gasteiger partial charge >= 0.3 is 0 Å². The molecule has 100 valence electrons. The van der Waals surface area contributed by atoms with Crippen molar-refractivity contribution in [1.29, 1.82) is 0 Å². The van der Waals surface area contributed by atoms with Crippen LogP contribution in [-0.2, 0) is 10.0 Å². The van der Waals surface area contributed by atoms with Crippen LogP contribution in [0.5, 0.6) is 5.75 Å². The number of hydrogen-bond donors (Lipinski definition) is 3. The lowest BCUT2D eigenvalue weighted by Crippen LogP contribution is -2.31. The number of nitrogen functional groups attached to an aromatic ring is 1. The monoisotopic (exact) mass is 273 g/mol. The number of nitrogens with one attached hydrogen (secondary N) is 1.